The maximum Gasteiger partial charge on any atom is 0.244 e. The fraction of sp³-hybridized carbons (Fsp3) is 0.281. The maximum atomic E-state index is 12.8. The highest BCUT2D eigenvalue weighted by molar-refractivity contribution is 6.15. The largest absolute Gasteiger partial charge is 0.365 e. The van der Waals surface area contributed by atoms with Gasteiger partial charge in [-0.25, -0.2) is 49.8 Å². The number of H-pyrrole nitrogens is 5. The van der Waals surface area contributed by atoms with E-state index in [0.717, 1.165) is 220 Å². The maximum absolute atomic E-state index is 12.8. The summed E-state index contributed by atoms with van der Waals surface area (Å²) in [4.78, 5) is 83.8. The van der Waals surface area contributed by atoms with Gasteiger partial charge in [0.1, 0.15) is 89.0 Å². The zero-order chi connectivity index (χ0) is 83.2. The molecular weight excluding hydrogens is 1530 g/mol. The monoisotopic (exact) mass is 1630 g/mol. The summed E-state index contributed by atoms with van der Waals surface area (Å²) in [5.41, 5.74) is 37.8. The molecule has 5 aliphatic heterocycles. The Bertz CT molecular complexity index is 6680. The van der Waals surface area contributed by atoms with Gasteiger partial charge in [-0.2, -0.15) is 0 Å². The number of piperidine rings is 4. The smallest absolute Gasteiger partial charge is 0.244 e. The SMILES string of the molecule is NC(c1ccccc1)C1CCN(c2ncnc3[nH]c4ccccc4c23)CC1.NC1(C(=O)Nc2ccccc2)CCN(c2ncnc3[nH]c4ccccc4c23)CC1.NC1(Cc2ccccc2)CCN(c2ncnc3[nH]c4ccccc4c23)CC1.NCC1CCCN(c2ncnc3[nH]c4ccccc4c23)C1.c1ccc2c(c1)[nH]c1ncnc(N[C@@H]3CCNC3)c12. The second kappa shape index (κ2) is 35.2. The van der Waals surface area contributed by atoms with Crippen molar-refractivity contribution in [3.8, 4) is 0 Å². The molecular formula is C96H102N26O. The lowest BCUT2D eigenvalue weighted by atomic mass is 9.83. The van der Waals surface area contributed by atoms with Crippen molar-refractivity contribution in [2.45, 2.75) is 87.4 Å². The van der Waals surface area contributed by atoms with E-state index in [0.29, 0.717) is 43.8 Å². The Hall–Kier alpha value is -13.6. The second-order valence-corrected chi connectivity index (χ2v) is 33.2. The molecule has 16 N–H and O–H groups in total. The van der Waals surface area contributed by atoms with Gasteiger partial charge >= 0.3 is 0 Å². The molecule has 5 saturated heterocycles. The van der Waals surface area contributed by atoms with E-state index in [4.69, 9.17) is 22.9 Å². The molecule has 10 aromatic heterocycles. The van der Waals surface area contributed by atoms with Crippen molar-refractivity contribution in [3.05, 3.63) is 255 Å². The number of nitrogens with zero attached hydrogens (tertiary/aromatic N) is 14. The van der Waals surface area contributed by atoms with Gasteiger partial charge in [0.15, 0.2) is 0 Å². The van der Waals surface area contributed by atoms with Gasteiger partial charge in [-0.3, -0.25) is 4.79 Å². The number of carbonyl (C=O) groups is 1. The average molecular weight is 1640 g/mol. The number of fused-ring (bicyclic) bond motifs is 15. The van der Waals surface area contributed by atoms with Crippen molar-refractivity contribution in [2.75, 3.05) is 102 Å². The lowest BCUT2D eigenvalue weighted by Gasteiger charge is -2.40. The third kappa shape index (κ3) is 16.7. The number of nitrogens with two attached hydrogens (primary N) is 4. The van der Waals surface area contributed by atoms with Crippen LogP contribution in [0.25, 0.3) is 110 Å². The summed E-state index contributed by atoms with van der Waals surface area (Å²) in [6.07, 6.45) is 17.8. The molecule has 15 heterocycles. The van der Waals surface area contributed by atoms with E-state index >= 15 is 0 Å². The number of carbonyl (C=O) groups excluding carboxylic acids is 1. The number of anilines is 6. The Kier molecular flexibility index (Phi) is 22.7. The average Bonchev–Trinajstić information content (AvgIpc) is 1.66. The third-order valence-electron chi connectivity index (χ3n) is 25.4. The Morgan fingerprint density at radius 3 is 1.26 bits per heavy atom. The van der Waals surface area contributed by atoms with E-state index in [9.17, 15) is 4.79 Å². The normalized spacial score (nSPS) is 17.5. The van der Waals surface area contributed by atoms with E-state index in [1.54, 1.807) is 31.6 Å². The van der Waals surface area contributed by atoms with Crippen molar-refractivity contribution in [1.29, 1.82) is 0 Å². The van der Waals surface area contributed by atoms with Crippen molar-refractivity contribution in [2.24, 2.45) is 34.8 Å². The van der Waals surface area contributed by atoms with Gasteiger partial charge in [0.05, 0.1) is 32.5 Å². The minimum absolute atomic E-state index is 0.104. The molecule has 5 fully saturated rings. The molecule has 0 saturated carbocycles. The molecule has 1 amide bonds. The standard InChI is InChI=1S/C22H22N6O.2C22H23N5.C16H19N5.C14H15N5/c23-22(21(29)26-15-6-2-1-3-7-15)10-12-28(13-11-22)20-18-16-8-4-5-9-17(16)27-19(18)24-14-25-20;23-22(14-16-6-2-1-3-7-16)10-12-27(13-11-22)21-19-17-8-4-5-9-18(17)26-20(19)24-15-25-21;23-20(15-6-2-1-3-7-15)16-10-12-27(13-11-16)22-19-17-8-4-5-9-18(17)26-21(19)24-14-25-22;17-8-11-4-3-7-21(9-11)16-14-12-5-1-2-6-13(12)20-15(14)18-10-19-16;1-2-4-11-10(3-1)12-13(16-8-17-14(12)19-11)18-9-5-6-15-7-9/h1-9,14H,10-13,23H2,(H,26,29)(H,24,25,27);1-9,15H,10-14,23H2,(H,24,25,26);1-9,14,16,20H,10-13,23H2,(H,24,25,26);1-2,5-6,10-11H,3-4,7-9,17H2,(H,18,19,20);1-4,8-9,15H,5-7H2,(H2,16,17,18,19)/t;;;;9-/m....1/s1. The van der Waals surface area contributed by atoms with Gasteiger partial charge in [0.25, 0.3) is 0 Å². The molecule has 18 aromatic rings. The predicted octanol–water partition coefficient (Wildman–Crippen LogP) is 14.9. The van der Waals surface area contributed by atoms with Crippen molar-refractivity contribution in [1.82, 2.24) is 80.1 Å². The molecule has 0 aliphatic carbocycles. The summed E-state index contributed by atoms with van der Waals surface area (Å²) in [5.74, 6) is 5.83. The molecule has 0 bridgehead atoms. The molecule has 27 heteroatoms. The zero-order valence-corrected chi connectivity index (χ0v) is 68.7. The highest BCUT2D eigenvalue weighted by Crippen LogP contribution is 2.40. The van der Waals surface area contributed by atoms with Crippen LogP contribution in [0.1, 0.15) is 75.0 Å². The van der Waals surface area contributed by atoms with Crippen LogP contribution >= 0.6 is 0 Å². The van der Waals surface area contributed by atoms with E-state index in [1.807, 2.05) is 84.9 Å². The number of benzene rings is 8. The van der Waals surface area contributed by atoms with Crippen LogP contribution in [0.15, 0.2) is 244 Å². The molecule has 8 aromatic carbocycles. The van der Waals surface area contributed by atoms with Gasteiger partial charge < -0.3 is 83.4 Å². The first kappa shape index (κ1) is 79.2. The lowest BCUT2D eigenvalue weighted by molar-refractivity contribution is -0.121. The molecule has 2 unspecified atom stereocenters. The topological polar surface area (TPSA) is 378 Å². The van der Waals surface area contributed by atoms with Crippen LogP contribution in [0.4, 0.5) is 34.8 Å². The van der Waals surface area contributed by atoms with Crippen LogP contribution in [0, 0.1) is 11.8 Å². The number of rotatable bonds is 13. The van der Waals surface area contributed by atoms with E-state index in [2.05, 4.69) is 238 Å². The van der Waals surface area contributed by atoms with E-state index in [-0.39, 0.29) is 17.5 Å². The Labute approximate surface area is 710 Å². The van der Waals surface area contributed by atoms with Gasteiger partial charge in [0.2, 0.25) is 5.91 Å². The van der Waals surface area contributed by atoms with E-state index < -0.39 is 5.54 Å². The minimum atomic E-state index is -0.890. The number of amides is 1. The third-order valence-corrected chi connectivity index (χ3v) is 25.4. The van der Waals surface area contributed by atoms with Crippen LogP contribution in [0.5, 0.6) is 0 Å². The molecule has 27 nitrogen and oxygen atoms in total. The number of aromatic nitrogens is 15. The summed E-state index contributed by atoms with van der Waals surface area (Å²) < 4.78 is 0. The van der Waals surface area contributed by atoms with Crippen LogP contribution < -0.4 is 58.5 Å². The zero-order valence-electron chi connectivity index (χ0n) is 68.7. The molecule has 0 radical (unpaired) electrons. The number of nitrogens with one attached hydrogen (secondary N) is 8. The van der Waals surface area contributed by atoms with Crippen LogP contribution in [0.2, 0.25) is 0 Å². The number of aromatic amines is 5. The van der Waals surface area contributed by atoms with Crippen molar-refractivity contribution in [3.63, 3.8) is 0 Å². The first-order chi connectivity index (χ1) is 60.4. The number of hydrogen-bond acceptors (Lipinski definition) is 21. The predicted molar refractivity (Wildman–Crippen MR) is 496 cm³/mol. The molecule has 622 valence electrons. The van der Waals surface area contributed by atoms with Gasteiger partial charge in [-0.1, -0.05) is 170 Å². The quantitative estimate of drug-likeness (QED) is 0.0510. The van der Waals surface area contributed by atoms with Crippen LogP contribution in [-0.2, 0) is 11.2 Å². The summed E-state index contributed by atoms with van der Waals surface area (Å²) in [6, 6.07) is 72.3. The fourth-order valence-electron chi connectivity index (χ4n) is 18.7. The summed E-state index contributed by atoms with van der Waals surface area (Å²) in [6.45, 7) is 9.92. The summed E-state index contributed by atoms with van der Waals surface area (Å²) in [7, 11) is 0. The van der Waals surface area contributed by atoms with Crippen molar-refractivity contribution >= 4 is 150 Å². The van der Waals surface area contributed by atoms with Crippen LogP contribution in [0.3, 0.4) is 0 Å². The second-order valence-electron chi connectivity index (χ2n) is 33.2. The van der Waals surface area contributed by atoms with Crippen LogP contribution in [-0.4, -0.2) is 170 Å². The Morgan fingerprint density at radius 1 is 0.423 bits per heavy atom. The minimum Gasteiger partial charge on any atom is -0.365 e. The molecule has 3 atom stereocenters. The Balaban J connectivity index is 0.000000102. The van der Waals surface area contributed by atoms with Gasteiger partial charge in [-0.05, 0) is 143 Å². The fourth-order valence-corrected chi connectivity index (χ4v) is 18.7. The van der Waals surface area contributed by atoms with Gasteiger partial charge in [-0.15, -0.1) is 0 Å². The summed E-state index contributed by atoms with van der Waals surface area (Å²) in [5, 5.41) is 21.1. The molecule has 123 heavy (non-hydrogen) atoms. The molecule has 5 aliphatic rings. The van der Waals surface area contributed by atoms with Crippen molar-refractivity contribution < 1.29 is 4.79 Å². The highest BCUT2D eigenvalue weighted by atomic mass is 16.2. The van der Waals surface area contributed by atoms with Gasteiger partial charge in [0, 0.05) is 137 Å². The Morgan fingerprint density at radius 2 is 0.813 bits per heavy atom. The summed E-state index contributed by atoms with van der Waals surface area (Å²) >= 11 is 0. The first-order valence-electron chi connectivity index (χ1n) is 43.0. The van der Waals surface area contributed by atoms with E-state index in [1.165, 1.54) is 45.5 Å². The number of hydrogen-bond donors (Lipinski definition) is 12. The lowest BCUT2D eigenvalue weighted by Crippen LogP contribution is -2.58. The molecule has 0 spiro atoms. The first-order valence-corrected chi connectivity index (χ1v) is 43.0. The number of para-hydroxylation sites is 6. The highest BCUT2D eigenvalue weighted by Gasteiger charge is 2.39. The molecule has 23 rings (SSSR count).